The minimum Gasteiger partial charge on any atom is -0.481 e. The van der Waals surface area contributed by atoms with E-state index in [1.165, 1.54) is 0 Å². The summed E-state index contributed by atoms with van der Waals surface area (Å²) < 4.78 is 1.70. The van der Waals surface area contributed by atoms with E-state index in [2.05, 4.69) is 10.3 Å². The Hall–Kier alpha value is -3.48. The molecule has 0 aliphatic rings. The van der Waals surface area contributed by atoms with E-state index in [0.29, 0.717) is 23.4 Å². The number of rotatable bonds is 8. The summed E-state index contributed by atoms with van der Waals surface area (Å²) in [5.74, 6) is -0.875. The minimum atomic E-state index is -0.885. The van der Waals surface area contributed by atoms with Crippen molar-refractivity contribution in [1.29, 1.82) is 0 Å². The van der Waals surface area contributed by atoms with Crippen LogP contribution in [-0.4, -0.2) is 50.5 Å². The lowest BCUT2D eigenvalue weighted by molar-refractivity contribution is -0.136. The molecule has 29 heavy (non-hydrogen) atoms. The van der Waals surface area contributed by atoms with Gasteiger partial charge in [-0.25, -0.2) is 4.68 Å². The Labute approximate surface area is 169 Å². The van der Waals surface area contributed by atoms with Gasteiger partial charge in [0.2, 0.25) is 0 Å². The standard InChI is InChI=1S/C22H24N4O3/c1-3-12-25(2)22(29)17-10-8-16(9-11-17)14-26-15-20(23-24-26)19-7-5-4-6-18(19)13-21(27)28/h4-11,15H,3,12-14H2,1-2H3,(H,27,28). The quantitative estimate of drug-likeness (QED) is 0.636. The first kappa shape index (κ1) is 20.3. The van der Waals surface area contributed by atoms with Crippen LogP contribution < -0.4 is 0 Å². The van der Waals surface area contributed by atoms with Crippen molar-refractivity contribution in [3.63, 3.8) is 0 Å². The molecule has 0 unspecified atom stereocenters. The summed E-state index contributed by atoms with van der Waals surface area (Å²) in [5, 5.41) is 17.5. The summed E-state index contributed by atoms with van der Waals surface area (Å²) in [4.78, 5) is 25.1. The van der Waals surface area contributed by atoms with Gasteiger partial charge in [0.1, 0.15) is 5.69 Å². The molecule has 2 aromatic carbocycles. The van der Waals surface area contributed by atoms with Crippen LogP contribution in [0.25, 0.3) is 11.3 Å². The fourth-order valence-corrected chi connectivity index (χ4v) is 3.18. The highest BCUT2D eigenvalue weighted by atomic mass is 16.4. The van der Waals surface area contributed by atoms with Crippen molar-refractivity contribution in [2.75, 3.05) is 13.6 Å². The summed E-state index contributed by atoms with van der Waals surface area (Å²) in [6.45, 7) is 3.28. The van der Waals surface area contributed by atoms with E-state index in [9.17, 15) is 9.59 Å². The number of carboxylic acids is 1. The zero-order valence-electron chi connectivity index (χ0n) is 16.6. The number of amides is 1. The number of carboxylic acid groups (broad SMARTS) is 1. The number of aromatic nitrogens is 3. The summed E-state index contributed by atoms with van der Waals surface area (Å²) >= 11 is 0. The number of nitrogens with zero attached hydrogens (tertiary/aromatic N) is 4. The molecule has 3 rings (SSSR count). The fraction of sp³-hybridized carbons (Fsp3) is 0.273. The molecule has 1 amide bonds. The Morgan fingerprint density at radius 2 is 1.83 bits per heavy atom. The van der Waals surface area contributed by atoms with E-state index >= 15 is 0 Å². The second-order valence-corrected chi connectivity index (χ2v) is 6.95. The predicted molar refractivity (Wildman–Crippen MR) is 110 cm³/mol. The summed E-state index contributed by atoms with van der Waals surface area (Å²) in [6, 6.07) is 14.8. The Balaban J connectivity index is 1.73. The monoisotopic (exact) mass is 392 g/mol. The predicted octanol–water partition coefficient (Wildman–Crippen LogP) is 3.10. The average molecular weight is 392 g/mol. The number of carbonyl (C=O) groups excluding carboxylic acids is 1. The Morgan fingerprint density at radius 3 is 2.52 bits per heavy atom. The van der Waals surface area contributed by atoms with Gasteiger partial charge in [0.05, 0.1) is 19.2 Å². The van der Waals surface area contributed by atoms with Crippen LogP contribution in [0.5, 0.6) is 0 Å². The third-order valence-corrected chi connectivity index (χ3v) is 4.62. The van der Waals surface area contributed by atoms with E-state index in [1.807, 2.05) is 49.4 Å². The third-order valence-electron chi connectivity index (χ3n) is 4.62. The number of hydrogen-bond acceptors (Lipinski definition) is 4. The highest BCUT2D eigenvalue weighted by Crippen LogP contribution is 2.22. The number of benzene rings is 2. The molecule has 0 bridgehead atoms. The average Bonchev–Trinajstić information content (AvgIpc) is 3.16. The molecule has 0 saturated heterocycles. The van der Waals surface area contributed by atoms with Crippen molar-refractivity contribution in [3.05, 3.63) is 71.4 Å². The maximum atomic E-state index is 12.3. The molecule has 3 aromatic rings. The second-order valence-electron chi connectivity index (χ2n) is 6.95. The molecule has 0 fully saturated rings. The topological polar surface area (TPSA) is 88.3 Å². The van der Waals surface area contributed by atoms with Crippen LogP contribution in [0.3, 0.4) is 0 Å². The molecule has 1 N–H and O–H groups in total. The van der Waals surface area contributed by atoms with E-state index < -0.39 is 5.97 Å². The molecule has 1 heterocycles. The summed E-state index contributed by atoms with van der Waals surface area (Å²) in [7, 11) is 1.80. The van der Waals surface area contributed by atoms with Crippen molar-refractivity contribution in [2.24, 2.45) is 0 Å². The second kappa shape index (κ2) is 9.14. The molecule has 1 aromatic heterocycles. The van der Waals surface area contributed by atoms with Gasteiger partial charge >= 0.3 is 5.97 Å². The van der Waals surface area contributed by atoms with Gasteiger partial charge in [-0.2, -0.15) is 0 Å². The van der Waals surface area contributed by atoms with E-state index in [1.54, 1.807) is 28.9 Å². The lowest BCUT2D eigenvalue weighted by Crippen LogP contribution is -2.27. The van der Waals surface area contributed by atoms with E-state index in [-0.39, 0.29) is 12.3 Å². The molecular weight excluding hydrogens is 368 g/mol. The van der Waals surface area contributed by atoms with Crippen LogP contribution in [0.4, 0.5) is 0 Å². The molecule has 0 atom stereocenters. The highest BCUT2D eigenvalue weighted by Gasteiger charge is 2.13. The van der Waals surface area contributed by atoms with Gasteiger partial charge in [0.15, 0.2) is 0 Å². The molecular formula is C22H24N4O3. The number of aliphatic carboxylic acids is 1. The molecule has 0 saturated carbocycles. The minimum absolute atomic E-state index is 0.0106. The molecule has 0 radical (unpaired) electrons. The third kappa shape index (κ3) is 5.07. The molecule has 7 heteroatoms. The van der Waals surface area contributed by atoms with Crippen LogP contribution in [-0.2, 0) is 17.8 Å². The van der Waals surface area contributed by atoms with E-state index in [4.69, 9.17) is 5.11 Å². The van der Waals surface area contributed by atoms with Crippen LogP contribution in [0.15, 0.2) is 54.7 Å². The maximum Gasteiger partial charge on any atom is 0.307 e. The lowest BCUT2D eigenvalue weighted by Gasteiger charge is -2.16. The Bertz CT molecular complexity index is 995. The maximum absolute atomic E-state index is 12.3. The first-order valence-corrected chi connectivity index (χ1v) is 9.52. The number of hydrogen-bond donors (Lipinski definition) is 1. The fourth-order valence-electron chi connectivity index (χ4n) is 3.18. The van der Waals surface area contributed by atoms with Gasteiger partial charge in [0.25, 0.3) is 5.91 Å². The smallest absolute Gasteiger partial charge is 0.307 e. The zero-order chi connectivity index (χ0) is 20.8. The SMILES string of the molecule is CCCN(C)C(=O)c1ccc(Cn2cc(-c3ccccc3CC(=O)O)nn2)cc1. The van der Waals surface area contributed by atoms with Gasteiger partial charge < -0.3 is 10.0 Å². The van der Waals surface area contributed by atoms with Gasteiger partial charge in [-0.15, -0.1) is 5.10 Å². The molecule has 0 aliphatic heterocycles. The van der Waals surface area contributed by atoms with E-state index in [0.717, 1.165) is 24.1 Å². The van der Waals surface area contributed by atoms with Crippen LogP contribution in [0.2, 0.25) is 0 Å². The van der Waals surface area contributed by atoms with Crippen LogP contribution in [0.1, 0.15) is 34.8 Å². The normalized spacial score (nSPS) is 10.7. The molecule has 0 aliphatic carbocycles. The molecule has 150 valence electrons. The van der Waals surface area contributed by atoms with Gasteiger partial charge in [-0.05, 0) is 29.7 Å². The van der Waals surface area contributed by atoms with Crippen molar-refractivity contribution < 1.29 is 14.7 Å². The van der Waals surface area contributed by atoms with Gasteiger partial charge in [-0.1, -0.05) is 48.5 Å². The molecule has 0 spiro atoms. The van der Waals surface area contributed by atoms with Crippen molar-refractivity contribution in [2.45, 2.75) is 26.3 Å². The van der Waals surface area contributed by atoms with Crippen LogP contribution >= 0.6 is 0 Å². The van der Waals surface area contributed by atoms with Gasteiger partial charge in [-0.3, -0.25) is 9.59 Å². The zero-order valence-corrected chi connectivity index (χ0v) is 16.6. The first-order chi connectivity index (χ1) is 14.0. The highest BCUT2D eigenvalue weighted by molar-refractivity contribution is 5.94. The largest absolute Gasteiger partial charge is 0.481 e. The lowest BCUT2D eigenvalue weighted by atomic mass is 10.0. The van der Waals surface area contributed by atoms with Crippen molar-refractivity contribution >= 4 is 11.9 Å². The number of carbonyl (C=O) groups is 2. The van der Waals surface area contributed by atoms with Crippen molar-refractivity contribution in [3.8, 4) is 11.3 Å². The van der Waals surface area contributed by atoms with Crippen LogP contribution in [0, 0.1) is 0 Å². The Morgan fingerprint density at radius 1 is 1.10 bits per heavy atom. The molecule has 7 nitrogen and oxygen atoms in total. The summed E-state index contributed by atoms with van der Waals surface area (Å²) in [5.41, 5.74) is 3.75. The van der Waals surface area contributed by atoms with Crippen molar-refractivity contribution in [1.82, 2.24) is 19.9 Å². The summed E-state index contributed by atoms with van der Waals surface area (Å²) in [6.07, 6.45) is 2.66. The Kier molecular flexibility index (Phi) is 6.39. The van der Waals surface area contributed by atoms with Gasteiger partial charge in [0, 0.05) is 24.7 Å². The first-order valence-electron chi connectivity index (χ1n) is 9.52.